The molecule has 0 aromatic rings. The van der Waals surface area contributed by atoms with Crippen LogP contribution in [-0.4, -0.2) is 43.0 Å². The van der Waals surface area contributed by atoms with Crippen molar-refractivity contribution in [2.75, 3.05) is 19.6 Å². The molecule has 0 radical (unpaired) electrons. The molecule has 5 heteroatoms. The van der Waals surface area contributed by atoms with Crippen molar-refractivity contribution in [3.8, 4) is 0 Å². The maximum absolute atomic E-state index is 11.9. The average Bonchev–Trinajstić information content (AvgIpc) is 2.45. The normalized spacial score (nSPS) is 34.2. The van der Waals surface area contributed by atoms with E-state index in [9.17, 15) is 8.78 Å². The Morgan fingerprint density at radius 1 is 1.50 bits per heavy atom. The minimum atomic E-state index is -2.17. The molecule has 1 N–H and O–H groups in total. The Bertz CT molecular complexity index is 156. The average molecular weight is 199 g/mol. The van der Waals surface area contributed by atoms with Crippen LogP contribution in [0.5, 0.6) is 0 Å². The fourth-order valence-electron chi connectivity index (χ4n) is 2.05. The van der Waals surface area contributed by atoms with Gasteiger partial charge in [0.15, 0.2) is 0 Å². The zero-order valence-corrected chi connectivity index (χ0v) is 7.49. The van der Waals surface area contributed by atoms with Gasteiger partial charge >= 0.3 is 0 Å². The van der Waals surface area contributed by atoms with E-state index in [1.54, 1.807) is 0 Å². The zero-order chi connectivity index (χ0) is 7.84. The highest BCUT2D eigenvalue weighted by atomic mass is 35.5. The lowest BCUT2D eigenvalue weighted by atomic mass is 10.2. The summed E-state index contributed by atoms with van der Waals surface area (Å²) in [6, 6.07) is 0.868. The Hall–Kier alpha value is 0.0700. The Balaban J connectivity index is 0.000000720. The molecule has 2 fully saturated rings. The Morgan fingerprint density at radius 2 is 2.25 bits per heavy atom. The van der Waals surface area contributed by atoms with Crippen molar-refractivity contribution in [2.24, 2.45) is 0 Å². The van der Waals surface area contributed by atoms with E-state index in [-0.39, 0.29) is 19.0 Å². The summed E-state index contributed by atoms with van der Waals surface area (Å²) in [5.41, 5.74) is 0. The lowest BCUT2D eigenvalue weighted by Gasteiger charge is -2.26. The standard InChI is InChI=1S/C7H12F2N2.ClH/c8-7(9)4-11-3-5-1-6(11)2-10-5;/h5-7,10H,1-4H2;1H/t5-,6-;/m1./s1. The van der Waals surface area contributed by atoms with Gasteiger partial charge in [-0.1, -0.05) is 0 Å². The van der Waals surface area contributed by atoms with Gasteiger partial charge in [0.1, 0.15) is 0 Å². The van der Waals surface area contributed by atoms with E-state index in [1.165, 1.54) is 0 Å². The van der Waals surface area contributed by atoms with Crippen LogP contribution in [0.4, 0.5) is 8.78 Å². The number of likely N-dealkylation sites (tertiary alicyclic amines) is 1. The molecule has 0 aromatic heterocycles. The smallest absolute Gasteiger partial charge is 0.251 e. The summed E-state index contributed by atoms with van der Waals surface area (Å²) in [5.74, 6) is 0. The van der Waals surface area contributed by atoms with Crippen molar-refractivity contribution in [3.05, 3.63) is 0 Å². The summed E-state index contributed by atoms with van der Waals surface area (Å²) >= 11 is 0. The van der Waals surface area contributed by atoms with Crippen LogP contribution in [0.2, 0.25) is 0 Å². The van der Waals surface area contributed by atoms with Crippen LogP contribution in [0.1, 0.15) is 6.42 Å². The molecule has 0 aliphatic carbocycles. The van der Waals surface area contributed by atoms with Gasteiger partial charge in [0.05, 0.1) is 6.54 Å². The van der Waals surface area contributed by atoms with Crippen LogP contribution in [0.3, 0.4) is 0 Å². The number of nitrogens with zero attached hydrogens (tertiary/aromatic N) is 1. The fraction of sp³-hybridized carbons (Fsp3) is 1.00. The third-order valence-electron chi connectivity index (χ3n) is 2.54. The molecule has 2 rings (SSSR count). The molecule has 2 aliphatic heterocycles. The molecule has 72 valence electrons. The van der Waals surface area contributed by atoms with E-state index < -0.39 is 6.43 Å². The van der Waals surface area contributed by atoms with Crippen molar-refractivity contribution in [2.45, 2.75) is 24.9 Å². The molecule has 2 aliphatic rings. The van der Waals surface area contributed by atoms with Gasteiger partial charge in [-0.15, -0.1) is 12.4 Å². The Morgan fingerprint density at radius 3 is 2.67 bits per heavy atom. The molecule has 12 heavy (non-hydrogen) atoms. The first-order valence-corrected chi connectivity index (χ1v) is 4.01. The van der Waals surface area contributed by atoms with Crippen molar-refractivity contribution < 1.29 is 8.78 Å². The second-order valence-corrected chi connectivity index (χ2v) is 3.34. The number of rotatable bonds is 2. The fourth-order valence-corrected chi connectivity index (χ4v) is 2.05. The second kappa shape index (κ2) is 3.85. The van der Waals surface area contributed by atoms with Crippen molar-refractivity contribution >= 4 is 12.4 Å². The van der Waals surface area contributed by atoms with E-state index in [2.05, 4.69) is 5.32 Å². The van der Waals surface area contributed by atoms with Crippen LogP contribution in [-0.2, 0) is 0 Å². The molecule has 2 saturated heterocycles. The number of alkyl halides is 2. The minimum Gasteiger partial charge on any atom is -0.311 e. The topological polar surface area (TPSA) is 15.3 Å². The molecule has 2 atom stereocenters. The number of halogens is 3. The van der Waals surface area contributed by atoms with E-state index >= 15 is 0 Å². The summed E-state index contributed by atoms with van der Waals surface area (Å²) in [4.78, 5) is 1.89. The summed E-state index contributed by atoms with van der Waals surface area (Å²) in [6.45, 7) is 1.68. The van der Waals surface area contributed by atoms with Gasteiger partial charge in [-0.05, 0) is 6.42 Å². The molecule has 0 aromatic carbocycles. The number of hydrogen-bond donors (Lipinski definition) is 1. The molecule has 2 bridgehead atoms. The molecule has 0 unspecified atom stereocenters. The minimum absolute atomic E-state index is 0. The highest BCUT2D eigenvalue weighted by Gasteiger charge is 2.38. The third kappa shape index (κ3) is 1.87. The number of nitrogens with one attached hydrogen (secondary N) is 1. The summed E-state index contributed by atoms with van der Waals surface area (Å²) < 4.78 is 23.9. The van der Waals surface area contributed by atoms with Gasteiger partial charge in [0.25, 0.3) is 6.43 Å². The van der Waals surface area contributed by atoms with Crippen LogP contribution >= 0.6 is 12.4 Å². The molecular formula is C7H13ClF2N2. The summed E-state index contributed by atoms with van der Waals surface area (Å²) in [5, 5.41) is 3.27. The van der Waals surface area contributed by atoms with Gasteiger partial charge in [-0.25, -0.2) is 8.78 Å². The lowest BCUT2D eigenvalue weighted by molar-refractivity contribution is 0.0764. The van der Waals surface area contributed by atoms with Crippen LogP contribution < -0.4 is 5.32 Å². The van der Waals surface area contributed by atoms with Crippen molar-refractivity contribution in [3.63, 3.8) is 0 Å². The summed E-state index contributed by atoms with van der Waals surface area (Å²) in [6.07, 6.45) is -1.11. The largest absolute Gasteiger partial charge is 0.311 e. The van der Waals surface area contributed by atoms with E-state index in [1.807, 2.05) is 4.90 Å². The molecule has 2 heterocycles. The van der Waals surface area contributed by atoms with Crippen LogP contribution in [0.25, 0.3) is 0 Å². The van der Waals surface area contributed by atoms with Crippen molar-refractivity contribution in [1.29, 1.82) is 0 Å². The predicted octanol–water partition coefficient (Wildman–Crippen LogP) is 0.719. The quantitative estimate of drug-likeness (QED) is 0.704. The molecule has 0 saturated carbocycles. The number of fused-ring (bicyclic) bond motifs is 2. The van der Waals surface area contributed by atoms with Gasteiger partial charge < -0.3 is 5.32 Å². The number of piperazine rings is 1. The van der Waals surface area contributed by atoms with E-state index in [0.29, 0.717) is 12.1 Å². The van der Waals surface area contributed by atoms with Gasteiger partial charge in [-0.3, -0.25) is 4.90 Å². The lowest BCUT2D eigenvalue weighted by Crippen LogP contribution is -2.45. The zero-order valence-electron chi connectivity index (χ0n) is 6.67. The molecule has 0 amide bonds. The Kier molecular flexibility index (Phi) is 3.26. The SMILES string of the molecule is Cl.FC(F)CN1C[C@H]2C[C@@H]1CN2. The monoisotopic (exact) mass is 198 g/mol. The predicted molar refractivity (Wildman–Crippen MR) is 45.0 cm³/mol. The van der Waals surface area contributed by atoms with E-state index in [0.717, 1.165) is 19.5 Å². The van der Waals surface area contributed by atoms with Crippen molar-refractivity contribution in [1.82, 2.24) is 10.2 Å². The highest BCUT2D eigenvalue weighted by molar-refractivity contribution is 5.85. The second-order valence-electron chi connectivity index (χ2n) is 3.34. The highest BCUT2D eigenvalue weighted by Crippen LogP contribution is 2.23. The number of hydrogen-bond acceptors (Lipinski definition) is 2. The van der Waals surface area contributed by atoms with Gasteiger partial charge in [0.2, 0.25) is 0 Å². The van der Waals surface area contributed by atoms with Gasteiger partial charge in [0, 0.05) is 25.2 Å². The van der Waals surface area contributed by atoms with Crippen LogP contribution in [0, 0.1) is 0 Å². The molecule has 2 nitrogen and oxygen atoms in total. The third-order valence-corrected chi connectivity index (χ3v) is 2.54. The van der Waals surface area contributed by atoms with E-state index in [4.69, 9.17) is 0 Å². The molecular weight excluding hydrogens is 186 g/mol. The Labute approximate surface area is 76.7 Å². The first-order chi connectivity index (χ1) is 5.25. The molecule has 0 spiro atoms. The van der Waals surface area contributed by atoms with Crippen LogP contribution in [0.15, 0.2) is 0 Å². The first-order valence-electron chi connectivity index (χ1n) is 4.01. The first kappa shape index (κ1) is 10.2. The summed E-state index contributed by atoms with van der Waals surface area (Å²) in [7, 11) is 0. The van der Waals surface area contributed by atoms with Gasteiger partial charge in [-0.2, -0.15) is 0 Å². The maximum Gasteiger partial charge on any atom is 0.251 e. The maximum atomic E-state index is 11.9.